The van der Waals surface area contributed by atoms with Gasteiger partial charge in [0.1, 0.15) is 0 Å². The zero-order valence-electron chi connectivity index (χ0n) is 35.9. The van der Waals surface area contributed by atoms with Crippen LogP contribution >= 0.6 is 22.7 Å². The van der Waals surface area contributed by atoms with Crippen LogP contribution in [-0.2, 0) is 21.7 Å². The van der Waals surface area contributed by atoms with Crippen molar-refractivity contribution in [3.63, 3.8) is 0 Å². The number of hydrogen-bond donors (Lipinski definition) is 0. The molecular weight excluding hydrogens is 751 g/mol. The fourth-order valence-corrected chi connectivity index (χ4v) is 13.5. The number of thiophene rings is 2. The molecule has 11 rings (SSSR count). The van der Waals surface area contributed by atoms with Gasteiger partial charge in [0.25, 0.3) is 0 Å². The quantitative estimate of drug-likeness (QED) is 0.172. The lowest BCUT2D eigenvalue weighted by atomic mass is 9.79. The van der Waals surface area contributed by atoms with E-state index in [0.29, 0.717) is 0 Å². The van der Waals surface area contributed by atoms with Crippen molar-refractivity contribution < 1.29 is 0 Å². The van der Waals surface area contributed by atoms with Crippen LogP contribution in [0.4, 0.5) is 17.1 Å². The average Bonchev–Trinajstić information content (AvgIpc) is 3.89. The van der Waals surface area contributed by atoms with Crippen LogP contribution in [0.15, 0.2) is 127 Å². The lowest BCUT2D eigenvalue weighted by Crippen LogP contribution is -2.21. The molecule has 0 radical (unpaired) electrons. The summed E-state index contributed by atoms with van der Waals surface area (Å²) in [6.45, 7) is 23.9. The minimum Gasteiger partial charge on any atom is -0.310 e. The topological polar surface area (TPSA) is 3.24 Å². The van der Waals surface area contributed by atoms with Crippen molar-refractivity contribution in [1.29, 1.82) is 0 Å². The molecule has 0 unspecified atom stereocenters. The number of fused-ring (bicyclic) bond motifs is 13. The van der Waals surface area contributed by atoms with Crippen molar-refractivity contribution in [3.8, 4) is 22.3 Å². The Labute approximate surface area is 357 Å². The highest BCUT2D eigenvalue weighted by atomic mass is 32.1. The molecule has 59 heavy (non-hydrogen) atoms. The first-order valence-corrected chi connectivity index (χ1v) is 22.8. The predicted octanol–water partition coefficient (Wildman–Crippen LogP) is 17.1. The second kappa shape index (κ2) is 12.2. The minimum absolute atomic E-state index is 0.0248. The van der Waals surface area contributed by atoms with Crippen LogP contribution in [0.25, 0.3) is 62.6 Å². The molecule has 3 heteroatoms. The van der Waals surface area contributed by atoms with Crippen molar-refractivity contribution in [2.75, 3.05) is 4.90 Å². The Morgan fingerprint density at radius 1 is 0.441 bits per heavy atom. The number of anilines is 3. The molecule has 0 spiro atoms. The average molecular weight is 802 g/mol. The molecule has 0 amide bonds. The molecule has 2 aliphatic rings. The SMILES string of the molecule is CC(C)(C)c1cc(C(C)(C)C)c2sc3c4c(ccc3c2c1)-c1cccc(N(c2ccc3c(c2)C(C)(C)c2ccccc2-3)c2ccc3c(c2)sc2ccccc23)c1C4(C)C. The predicted molar refractivity (Wildman–Crippen MR) is 259 cm³/mol. The largest absolute Gasteiger partial charge is 0.310 e. The van der Waals surface area contributed by atoms with E-state index in [-0.39, 0.29) is 21.7 Å². The second-order valence-corrected chi connectivity index (χ2v) is 22.3. The van der Waals surface area contributed by atoms with Gasteiger partial charge in [-0.1, -0.05) is 154 Å². The molecule has 9 aromatic rings. The number of benzene rings is 7. The fourth-order valence-electron chi connectivity index (χ4n) is 10.6. The van der Waals surface area contributed by atoms with Gasteiger partial charge < -0.3 is 4.90 Å². The van der Waals surface area contributed by atoms with Crippen molar-refractivity contribution in [2.45, 2.75) is 90.9 Å². The summed E-state index contributed by atoms with van der Waals surface area (Å²) >= 11 is 3.91. The molecule has 2 heterocycles. The monoisotopic (exact) mass is 801 g/mol. The molecule has 0 aliphatic heterocycles. The number of rotatable bonds is 3. The van der Waals surface area contributed by atoms with Crippen molar-refractivity contribution in [3.05, 3.63) is 161 Å². The molecule has 292 valence electrons. The van der Waals surface area contributed by atoms with E-state index in [2.05, 4.69) is 202 Å². The number of nitrogens with zero attached hydrogens (tertiary/aromatic N) is 1. The summed E-state index contributed by atoms with van der Waals surface area (Å²) < 4.78 is 5.50. The van der Waals surface area contributed by atoms with Crippen LogP contribution in [0.3, 0.4) is 0 Å². The van der Waals surface area contributed by atoms with E-state index in [0.717, 1.165) is 0 Å². The third-order valence-corrected chi connectivity index (χ3v) is 16.1. The van der Waals surface area contributed by atoms with Crippen LogP contribution in [0.1, 0.15) is 103 Å². The van der Waals surface area contributed by atoms with Crippen LogP contribution in [0.2, 0.25) is 0 Å². The standard InChI is InChI=1S/C56H51NS2/c1-53(2,3)32-28-42-41-27-26-40-39-18-15-20-46(49(39)56(9,10)50(40)52(41)59-51(42)45(29-32)54(4,5)6)57(34-23-25-38-37-17-12-14-21-47(37)58-48(38)31-34)33-22-24-36-35-16-11-13-19-43(35)55(7,8)44(36)30-33/h11-31H,1-10H3. The first-order valence-electron chi connectivity index (χ1n) is 21.2. The van der Waals surface area contributed by atoms with Gasteiger partial charge in [-0.2, -0.15) is 0 Å². The van der Waals surface area contributed by atoms with Gasteiger partial charge in [0, 0.05) is 62.5 Å². The lowest BCUT2D eigenvalue weighted by molar-refractivity contribution is 0.573. The summed E-state index contributed by atoms with van der Waals surface area (Å²) in [7, 11) is 0. The maximum absolute atomic E-state index is 2.57. The summed E-state index contributed by atoms with van der Waals surface area (Å²) in [6.07, 6.45) is 0. The van der Waals surface area contributed by atoms with Gasteiger partial charge in [0.15, 0.2) is 0 Å². The van der Waals surface area contributed by atoms with Crippen molar-refractivity contribution in [1.82, 2.24) is 0 Å². The van der Waals surface area contributed by atoms with E-state index >= 15 is 0 Å². The maximum atomic E-state index is 2.57. The summed E-state index contributed by atoms with van der Waals surface area (Å²) in [5.74, 6) is 0. The summed E-state index contributed by atoms with van der Waals surface area (Å²) in [5.41, 5.74) is 17.3. The molecule has 7 aromatic carbocycles. The minimum atomic E-state index is -0.261. The molecule has 2 aliphatic carbocycles. The van der Waals surface area contributed by atoms with E-state index in [9.17, 15) is 0 Å². The first-order chi connectivity index (χ1) is 28.0. The fraction of sp³-hybridized carbons (Fsp3) is 0.250. The molecule has 0 saturated heterocycles. The van der Waals surface area contributed by atoms with Crippen LogP contribution in [0, 0.1) is 0 Å². The third kappa shape index (κ3) is 5.20. The Kier molecular flexibility index (Phi) is 7.60. The molecule has 0 N–H and O–H groups in total. The van der Waals surface area contributed by atoms with Gasteiger partial charge in [-0.25, -0.2) is 0 Å². The van der Waals surface area contributed by atoms with E-state index < -0.39 is 0 Å². The highest BCUT2D eigenvalue weighted by molar-refractivity contribution is 7.26. The van der Waals surface area contributed by atoms with Crippen LogP contribution in [0.5, 0.6) is 0 Å². The molecule has 0 saturated carbocycles. The van der Waals surface area contributed by atoms with E-state index in [4.69, 9.17) is 0 Å². The third-order valence-electron chi connectivity index (χ3n) is 13.7. The first kappa shape index (κ1) is 36.8. The zero-order valence-corrected chi connectivity index (χ0v) is 37.5. The van der Waals surface area contributed by atoms with Crippen molar-refractivity contribution >= 4 is 80.1 Å². The van der Waals surface area contributed by atoms with Crippen molar-refractivity contribution in [2.24, 2.45) is 0 Å². The molecular formula is C56H51NS2. The Balaban J connectivity index is 1.16. The number of hydrogen-bond acceptors (Lipinski definition) is 3. The maximum Gasteiger partial charge on any atom is 0.0508 e. The molecule has 1 nitrogen and oxygen atoms in total. The second-order valence-electron chi connectivity index (χ2n) is 20.2. The van der Waals surface area contributed by atoms with Crippen LogP contribution in [-0.4, -0.2) is 0 Å². The summed E-state index contributed by atoms with van der Waals surface area (Å²) in [6, 6.07) is 49.1. The van der Waals surface area contributed by atoms with Gasteiger partial charge >= 0.3 is 0 Å². The van der Waals surface area contributed by atoms with E-state index in [1.807, 2.05) is 22.7 Å². The Morgan fingerprint density at radius 2 is 1.08 bits per heavy atom. The van der Waals surface area contributed by atoms with Gasteiger partial charge in [0.2, 0.25) is 0 Å². The van der Waals surface area contributed by atoms with Crippen LogP contribution < -0.4 is 4.90 Å². The highest BCUT2D eigenvalue weighted by Crippen LogP contribution is 2.59. The van der Waals surface area contributed by atoms with E-state index in [1.54, 1.807) is 0 Å². The molecule has 0 bridgehead atoms. The molecule has 2 aromatic heterocycles. The molecule has 0 atom stereocenters. The Bertz CT molecular complexity index is 3240. The lowest BCUT2D eigenvalue weighted by Gasteiger charge is -2.33. The van der Waals surface area contributed by atoms with Gasteiger partial charge in [-0.15, -0.1) is 22.7 Å². The van der Waals surface area contributed by atoms with Gasteiger partial charge in [-0.05, 0) is 109 Å². The normalized spacial score (nSPS) is 15.2. The summed E-state index contributed by atoms with van der Waals surface area (Å²) in [4.78, 5) is 2.57. The molecule has 0 fully saturated rings. The highest BCUT2D eigenvalue weighted by Gasteiger charge is 2.42. The summed E-state index contributed by atoms with van der Waals surface area (Å²) in [5, 5.41) is 5.44. The zero-order chi connectivity index (χ0) is 41.0. The smallest absolute Gasteiger partial charge is 0.0508 e. The van der Waals surface area contributed by atoms with Gasteiger partial charge in [0.05, 0.1) is 5.69 Å². The Morgan fingerprint density at radius 3 is 1.88 bits per heavy atom. The van der Waals surface area contributed by atoms with E-state index in [1.165, 1.54) is 113 Å². The Hall–Kier alpha value is -5.22. The van der Waals surface area contributed by atoms with Gasteiger partial charge in [-0.3, -0.25) is 0 Å².